The highest BCUT2D eigenvalue weighted by molar-refractivity contribution is 14.1. The molecule has 1 amide bonds. The Morgan fingerprint density at radius 1 is 1.07 bits per heavy atom. The van der Waals surface area contributed by atoms with Gasteiger partial charge < -0.3 is 14.7 Å². The van der Waals surface area contributed by atoms with Gasteiger partial charge >= 0.3 is 0 Å². The largest absolute Gasteiger partial charge is 0.377 e. The molecular formula is C23H19FINO3. The normalized spacial score (nSPS) is 21.2. The van der Waals surface area contributed by atoms with Crippen molar-refractivity contribution in [1.29, 1.82) is 0 Å². The second-order valence-corrected chi connectivity index (χ2v) is 8.08. The number of benzene rings is 3. The average Bonchev–Trinajstić information content (AvgIpc) is 2.73. The molecule has 1 aliphatic rings. The highest BCUT2D eigenvalue weighted by Crippen LogP contribution is 2.45. The van der Waals surface area contributed by atoms with Crippen molar-refractivity contribution >= 4 is 34.2 Å². The van der Waals surface area contributed by atoms with Crippen molar-refractivity contribution in [3.63, 3.8) is 0 Å². The zero-order valence-corrected chi connectivity index (χ0v) is 17.8. The molecule has 1 N–H and O–H groups in total. The van der Waals surface area contributed by atoms with Crippen molar-refractivity contribution in [2.24, 2.45) is 0 Å². The fourth-order valence-corrected chi connectivity index (χ4v) is 4.41. The Morgan fingerprint density at radius 2 is 1.72 bits per heavy atom. The molecule has 1 heterocycles. The smallest absolute Gasteiger partial charge is 0.260 e. The van der Waals surface area contributed by atoms with Gasteiger partial charge in [-0.1, -0.05) is 48.5 Å². The summed E-state index contributed by atoms with van der Waals surface area (Å²) in [5.41, 5.74) is 0.830. The summed E-state index contributed by atoms with van der Waals surface area (Å²) < 4.78 is 20.1. The number of hydrogen-bond acceptors (Lipinski definition) is 3. The number of carbonyl (C=O) groups is 1. The topological polar surface area (TPSA) is 49.8 Å². The molecule has 0 fully saturated rings. The Kier molecular flexibility index (Phi) is 5.42. The van der Waals surface area contributed by atoms with E-state index >= 15 is 0 Å². The van der Waals surface area contributed by atoms with Crippen LogP contribution in [0.3, 0.4) is 0 Å². The molecule has 0 aliphatic carbocycles. The fraction of sp³-hybridized carbons (Fsp3) is 0.174. The molecule has 0 spiro atoms. The van der Waals surface area contributed by atoms with Gasteiger partial charge in [-0.2, -0.15) is 0 Å². The molecule has 2 atom stereocenters. The number of para-hydroxylation sites is 1. The van der Waals surface area contributed by atoms with Crippen molar-refractivity contribution in [1.82, 2.24) is 0 Å². The van der Waals surface area contributed by atoms with Gasteiger partial charge in [-0.15, -0.1) is 0 Å². The van der Waals surface area contributed by atoms with Crippen LogP contribution in [0.15, 0.2) is 72.8 Å². The Morgan fingerprint density at radius 3 is 2.41 bits per heavy atom. The first-order valence-electron chi connectivity index (χ1n) is 9.12. The third-order valence-electron chi connectivity index (χ3n) is 5.28. The minimum Gasteiger partial charge on any atom is -0.377 e. The number of methoxy groups -OCH3 is 1. The van der Waals surface area contributed by atoms with Crippen molar-refractivity contribution in [3.05, 3.63) is 98.9 Å². The van der Waals surface area contributed by atoms with E-state index in [1.54, 1.807) is 17.0 Å². The first kappa shape index (κ1) is 20.0. The number of fused-ring (bicyclic) bond motifs is 1. The van der Waals surface area contributed by atoms with Gasteiger partial charge in [0, 0.05) is 16.2 Å². The van der Waals surface area contributed by atoms with E-state index in [2.05, 4.69) is 22.6 Å². The molecule has 4 rings (SSSR count). The highest BCUT2D eigenvalue weighted by Gasteiger charge is 2.52. The number of rotatable bonds is 4. The second-order valence-electron chi connectivity index (χ2n) is 6.92. The molecule has 3 aromatic carbocycles. The van der Waals surface area contributed by atoms with E-state index in [0.717, 1.165) is 9.13 Å². The Balaban J connectivity index is 1.88. The summed E-state index contributed by atoms with van der Waals surface area (Å²) in [7, 11) is 1.40. The average molecular weight is 503 g/mol. The van der Waals surface area contributed by atoms with Crippen LogP contribution >= 0.6 is 22.6 Å². The van der Waals surface area contributed by atoms with E-state index < -0.39 is 17.5 Å². The summed E-state index contributed by atoms with van der Waals surface area (Å²) in [6, 6.07) is 20.6. The Labute approximate surface area is 182 Å². The predicted octanol–water partition coefficient (Wildman–Crippen LogP) is 4.23. The summed E-state index contributed by atoms with van der Waals surface area (Å²) >= 11 is 2.24. The summed E-state index contributed by atoms with van der Waals surface area (Å²) in [6.07, 6.45) is -1.16. The number of ether oxygens (including phenoxy) is 1. The van der Waals surface area contributed by atoms with Crippen molar-refractivity contribution in [2.75, 3.05) is 12.0 Å². The summed E-state index contributed by atoms with van der Waals surface area (Å²) in [6.45, 7) is 0.355. The van der Waals surface area contributed by atoms with Gasteiger partial charge in [0.05, 0.1) is 12.2 Å². The number of halogens is 2. The molecule has 0 bridgehead atoms. The van der Waals surface area contributed by atoms with E-state index in [9.17, 15) is 14.3 Å². The molecule has 0 aromatic heterocycles. The van der Waals surface area contributed by atoms with Gasteiger partial charge in [0.25, 0.3) is 5.91 Å². The molecular weight excluding hydrogens is 484 g/mol. The lowest BCUT2D eigenvalue weighted by Gasteiger charge is -2.44. The lowest BCUT2D eigenvalue weighted by Crippen LogP contribution is -2.57. The SMILES string of the molecule is COC1C(=O)N(Cc2ccccc2I)c2ccccc2C1(O)c1ccc(F)cc1. The van der Waals surface area contributed by atoms with E-state index in [1.807, 2.05) is 36.4 Å². The van der Waals surface area contributed by atoms with Gasteiger partial charge in [-0.3, -0.25) is 4.79 Å². The van der Waals surface area contributed by atoms with Crippen LogP contribution in [0, 0.1) is 9.39 Å². The molecule has 3 aromatic rings. The first-order valence-corrected chi connectivity index (χ1v) is 10.2. The molecule has 2 unspecified atom stereocenters. The fourth-order valence-electron chi connectivity index (χ4n) is 3.85. The standard InChI is InChI=1S/C23H19FINO3/c1-29-21-22(27)26(14-15-6-2-4-8-19(15)25)20-9-5-3-7-18(20)23(21,28)16-10-12-17(24)13-11-16/h2-13,21,28H,14H2,1H3. The van der Waals surface area contributed by atoms with Gasteiger partial charge in [-0.25, -0.2) is 4.39 Å². The van der Waals surface area contributed by atoms with E-state index in [0.29, 0.717) is 23.4 Å². The minimum absolute atomic E-state index is 0.349. The zero-order valence-electron chi connectivity index (χ0n) is 15.7. The van der Waals surface area contributed by atoms with Gasteiger partial charge in [0.2, 0.25) is 0 Å². The van der Waals surface area contributed by atoms with Crippen LogP contribution in [-0.2, 0) is 21.7 Å². The first-order chi connectivity index (χ1) is 14.0. The predicted molar refractivity (Wildman–Crippen MR) is 117 cm³/mol. The molecule has 0 saturated heterocycles. The number of nitrogens with zero attached hydrogens (tertiary/aromatic N) is 1. The summed E-state index contributed by atoms with van der Waals surface area (Å²) in [4.78, 5) is 15.1. The van der Waals surface area contributed by atoms with E-state index in [1.165, 1.54) is 31.4 Å². The highest BCUT2D eigenvalue weighted by atomic mass is 127. The van der Waals surface area contributed by atoms with Crippen molar-refractivity contribution in [3.8, 4) is 0 Å². The van der Waals surface area contributed by atoms with E-state index in [-0.39, 0.29) is 5.91 Å². The maximum absolute atomic E-state index is 13.5. The van der Waals surface area contributed by atoms with Gasteiger partial charge in [0.1, 0.15) is 5.82 Å². The second kappa shape index (κ2) is 7.85. The molecule has 0 saturated carbocycles. The van der Waals surface area contributed by atoms with Crippen LogP contribution in [0.25, 0.3) is 0 Å². The van der Waals surface area contributed by atoms with Crippen LogP contribution in [0.2, 0.25) is 0 Å². The Bertz CT molecular complexity index is 1060. The van der Waals surface area contributed by atoms with E-state index in [4.69, 9.17) is 4.74 Å². The number of carbonyl (C=O) groups excluding carboxylic acids is 1. The molecule has 148 valence electrons. The Hall–Kier alpha value is -2.29. The summed E-state index contributed by atoms with van der Waals surface area (Å²) in [5, 5.41) is 11.8. The quantitative estimate of drug-likeness (QED) is 0.543. The molecule has 4 nitrogen and oxygen atoms in total. The van der Waals surface area contributed by atoms with Crippen LogP contribution in [0.1, 0.15) is 16.7 Å². The van der Waals surface area contributed by atoms with Crippen molar-refractivity contribution in [2.45, 2.75) is 18.2 Å². The van der Waals surface area contributed by atoms with Crippen LogP contribution in [0.5, 0.6) is 0 Å². The number of amides is 1. The molecule has 29 heavy (non-hydrogen) atoms. The van der Waals surface area contributed by atoms with Crippen LogP contribution < -0.4 is 4.90 Å². The van der Waals surface area contributed by atoms with Crippen LogP contribution in [0.4, 0.5) is 10.1 Å². The third kappa shape index (κ3) is 3.35. The van der Waals surface area contributed by atoms with Gasteiger partial charge in [0.15, 0.2) is 11.7 Å². The number of hydrogen-bond donors (Lipinski definition) is 1. The lowest BCUT2D eigenvalue weighted by molar-refractivity contribution is -0.145. The summed E-state index contributed by atoms with van der Waals surface area (Å²) in [5.74, 6) is -0.764. The molecule has 1 aliphatic heterocycles. The minimum atomic E-state index is -1.73. The number of aliphatic hydroxyl groups is 1. The third-order valence-corrected chi connectivity index (χ3v) is 6.33. The maximum Gasteiger partial charge on any atom is 0.260 e. The monoisotopic (exact) mass is 503 g/mol. The maximum atomic E-state index is 13.5. The number of anilines is 1. The lowest BCUT2D eigenvalue weighted by atomic mass is 9.77. The van der Waals surface area contributed by atoms with Crippen molar-refractivity contribution < 1.29 is 19.0 Å². The van der Waals surface area contributed by atoms with Gasteiger partial charge in [-0.05, 0) is 58.0 Å². The van der Waals surface area contributed by atoms with Crippen LogP contribution in [-0.4, -0.2) is 24.2 Å². The molecule has 0 radical (unpaired) electrons. The zero-order chi connectivity index (χ0) is 20.6. The molecule has 6 heteroatoms.